The monoisotopic (exact) mass is 434 g/mol. The zero-order valence-corrected chi connectivity index (χ0v) is 19.0. The molecule has 0 spiro atoms. The lowest BCUT2D eigenvalue weighted by Gasteiger charge is -2.26. The van der Waals surface area contributed by atoms with Crippen LogP contribution in [0, 0.1) is 0 Å². The molecular weight excluding hydrogens is 404 g/mol. The molecule has 0 fully saturated rings. The van der Waals surface area contributed by atoms with Crippen molar-refractivity contribution >= 4 is 21.6 Å². The molecule has 0 aliphatic rings. The van der Waals surface area contributed by atoms with Crippen LogP contribution in [0.5, 0.6) is 11.5 Å². The average molecular weight is 435 g/mol. The predicted molar refractivity (Wildman–Crippen MR) is 119 cm³/mol. The summed E-state index contributed by atoms with van der Waals surface area (Å²) in [5, 5.41) is 2.94. The number of hydrogen-bond acceptors (Lipinski definition) is 5. The van der Waals surface area contributed by atoms with E-state index in [-0.39, 0.29) is 29.7 Å². The largest absolute Gasteiger partial charge is 0.493 e. The first-order chi connectivity index (χ1) is 14.2. The SMILES string of the molecule is CCCC(C)NC(=O)c1cc(OC)c(OC)cc1N(Cc1ccccc1)S(C)(=O)=O. The molecule has 1 amide bonds. The molecule has 2 aromatic rings. The molecule has 0 heterocycles. The van der Waals surface area contributed by atoms with Crippen molar-refractivity contribution in [3.05, 3.63) is 53.6 Å². The van der Waals surface area contributed by atoms with Crippen molar-refractivity contribution in [1.82, 2.24) is 5.32 Å². The summed E-state index contributed by atoms with van der Waals surface area (Å²) in [6.45, 7) is 4.04. The zero-order valence-electron chi connectivity index (χ0n) is 18.1. The highest BCUT2D eigenvalue weighted by atomic mass is 32.2. The van der Waals surface area contributed by atoms with Gasteiger partial charge in [-0.3, -0.25) is 9.10 Å². The number of rotatable bonds is 10. The van der Waals surface area contributed by atoms with Crippen molar-refractivity contribution in [3.63, 3.8) is 0 Å². The molecule has 0 aliphatic carbocycles. The third-order valence-corrected chi connectivity index (χ3v) is 5.81. The minimum atomic E-state index is -3.70. The molecule has 0 aliphatic heterocycles. The van der Waals surface area contributed by atoms with Gasteiger partial charge in [0.15, 0.2) is 11.5 Å². The van der Waals surface area contributed by atoms with Crippen molar-refractivity contribution < 1.29 is 22.7 Å². The summed E-state index contributed by atoms with van der Waals surface area (Å²) in [5.74, 6) is 0.323. The van der Waals surface area contributed by atoms with E-state index in [1.807, 2.05) is 44.2 Å². The molecule has 0 aromatic heterocycles. The minimum Gasteiger partial charge on any atom is -0.493 e. The van der Waals surface area contributed by atoms with E-state index in [9.17, 15) is 13.2 Å². The van der Waals surface area contributed by atoms with E-state index < -0.39 is 10.0 Å². The van der Waals surface area contributed by atoms with Gasteiger partial charge in [0, 0.05) is 12.1 Å². The highest BCUT2D eigenvalue weighted by molar-refractivity contribution is 7.92. The number of benzene rings is 2. The number of carbonyl (C=O) groups excluding carboxylic acids is 1. The van der Waals surface area contributed by atoms with Crippen molar-refractivity contribution in [1.29, 1.82) is 0 Å². The standard InChI is InChI=1S/C22H30N2O5S/c1-6-10-16(2)23-22(25)18-13-20(28-3)21(29-4)14-19(18)24(30(5,26)27)15-17-11-8-7-9-12-17/h7-9,11-14,16H,6,10,15H2,1-5H3,(H,23,25). The fourth-order valence-corrected chi connectivity index (χ4v) is 4.09. The van der Waals surface area contributed by atoms with Gasteiger partial charge >= 0.3 is 0 Å². The van der Waals surface area contributed by atoms with Gasteiger partial charge in [-0.2, -0.15) is 0 Å². The molecule has 0 saturated heterocycles. The molecule has 164 valence electrons. The Labute approximate surface area is 179 Å². The van der Waals surface area contributed by atoms with E-state index in [1.54, 1.807) is 0 Å². The van der Waals surface area contributed by atoms with E-state index in [0.29, 0.717) is 11.5 Å². The normalized spacial score (nSPS) is 12.2. The average Bonchev–Trinajstić information content (AvgIpc) is 2.71. The fraction of sp³-hybridized carbons (Fsp3) is 0.409. The minimum absolute atomic E-state index is 0.0516. The van der Waals surface area contributed by atoms with Crippen LogP contribution < -0.4 is 19.1 Å². The predicted octanol–water partition coefficient (Wildman–Crippen LogP) is 3.59. The quantitative estimate of drug-likeness (QED) is 0.618. The molecule has 2 rings (SSSR count). The number of nitrogens with zero attached hydrogens (tertiary/aromatic N) is 1. The summed E-state index contributed by atoms with van der Waals surface area (Å²) in [6.07, 6.45) is 2.85. The van der Waals surface area contributed by atoms with Gasteiger partial charge in [-0.1, -0.05) is 43.7 Å². The maximum Gasteiger partial charge on any atom is 0.253 e. The summed E-state index contributed by atoms with van der Waals surface area (Å²) in [4.78, 5) is 13.1. The van der Waals surface area contributed by atoms with E-state index in [4.69, 9.17) is 9.47 Å². The lowest BCUT2D eigenvalue weighted by Crippen LogP contribution is -2.35. The molecule has 30 heavy (non-hydrogen) atoms. The lowest BCUT2D eigenvalue weighted by molar-refractivity contribution is 0.0938. The van der Waals surface area contributed by atoms with Crippen LogP contribution in [0.15, 0.2) is 42.5 Å². The smallest absolute Gasteiger partial charge is 0.253 e. The number of carbonyl (C=O) groups is 1. The van der Waals surface area contributed by atoms with Gasteiger partial charge in [-0.25, -0.2) is 8.42 Å². The fourth-order valence-electron chi connectivity index (χ4n) is 3.19. The van der Waals surface area contributed by atoms with E-state index in [1.165, 1.54) is 30.7 Å². The van der Waals surface area contributed by atoms with Gasteiger partial charge in [-0.05, 0) is 25.0 Å². The number of sulfonamides is 1. The Kier molecular flexibility index (Phi) is 8.11. The summed E-state index contributed by atoms with van der Waals surface area (Å²) in [7, 11) is -0.764. The number of amides is 1. The number of nitrogens with one attached hydrogen (secondary N) is 1. The third kappa shape index (κ3) is 5.89. The molecule has 1 atom stereocenters. The van der Waals surface area contributed by atoms with Gasteiger partial charge in [-0.15, -0.1) is 0 Å². The Balaban J connectivity index is 2.61. The Bertz CT molecular complexity index is 961. The Morgan fingerprint density at radius 2 is 1.70 bits per heavy atom. The van der Waals surface area contributed by atoms with Crippen LogP contribution in [0.25, 0.3) is 0 Å². The number of anilines is 1. The van der Waals surface area contributed by atoms with Gasteiger partial charge < -0.3 is 14.8 Å². The molecule has 0 bridgehead atoms. The Hall–Kier alpha value is -2.74. The van der Waals surface area contributed by atoms with Gasteiger partial charge in [0.05, 0.1) is 38.3 Å². The summed E-state index contributed by atoms with van der Waals surface area (Å²) < 4.78 is 37.3. The van der Waals surface area contributed by atoms with Crippen molar-refractivity contribution in [2.75, 3.05) is 24.8 Å². The zero-order chi connectivity index (χ0) is 22.3. The highest BCUT2D eigenvalue weighted by Gasteiger charge is 2.27. The van der Waals surface area contributed by atoms with Crippen LogP contribution in [0.2, 0.25) is 0 Å². The van der Waals surface area contributed by atoms with E-state index in [0.717, 1.165) is 24.7 Å². The van der Waals surface area contributed by atoms with Crippen LogP contribution in [0.4, 0.5) is 5.69 Å². The molecule has 2 aromatic carbocycles. The van der Waals surface area contributed by atoms with Crippen LogP contribution in [0.3, 0.4) is 0 Å². The van der Waals surface area contributed by atoms with Crippen LogP contribution in [0.1, 0.15) is 42.6 Å². The molecular formula is C22H30N2O5S. The molecule has 1 N–H and O–H groups in total. The van der Waals surface area contributed by atoms with Crippen LogP contribution in [-0.4, -0.2) is 40.8 Å². The summed E-state index contributed by atoms with van der Waals surface area (Å²) in [6, 6.07) is 12.2. The first-order valence-electron chi connectivity index (χ1n) is 9.79. The second kappa shape index (κ2) is 10.3. The highest BCUT2D eigenvalue weighted by Crippen LogP contribution is 2.37. The molecule has 1 unspecified atom stereocenters. The Morgan fingerprint density at radius 1 is 1.10 bits per heavy atom. The van der Waals surface area contributed by atoms with Gasteiger partial charge in [0.2, 0.25) is 10.0 Å². The number of methoxy groups -OCH3 is 2. The molecule has 7 nitrogen and oxygen atoms in total. The second-order valence-electron chi connectivity index (χ2n) is 7.14. The van der Waals surface area contributed by atoms with Gasteiger partial charge in [0.25, 0.3) is 5.91 Å². The first-order valence-corrected chi connectivity index (χ1v) is 11.6. The molecule has 8 heteroatoms. The van der Waals surface area contributed by atoms with E-state index >= 15 is 0 Å². The van der Waals surface area contributed by atoms with Crippen molar-refractivity contribution in [2.45, 2.75) is 39.3 Å². The van der Waals surface area contributed by atoms with Crippen molar-refractivity contribution in [2.24, 2.45) is 0 Å². The molecule has 0 radical (unpaired) electrons. The summed E-state index contributed by atoms with van der Waals surface area (Å²) in [5.41, 5.74) is 1.24. The Morgan fingerprint density at radius 3 is 2.23 bits per heavy atom. The van der Waals surface area contributed by atoms with E-state index in [2.05, 4.69) is 5.32 Å². The third-order valence-electron chi connectivity index (χ3n) is 4.68. The van der Waals surface area contributed by atoms with Gasteiger partial charge in [0.1, 0.15) is 0 Å². The number of hydrogen-bond donors (Lipinski definition) is 1. The van der Waals surface area contributed by atoms with Crippen LogP contribution in [-0.2, 0) is 16.6 Å². The topological polar surface area (TPSA) is 84.9 Å². The first kappa shape index (κ1) is 23.5. The summed E-state index contributed by atoms with van der Waals surface area (Å²) >= 11 is 0. The number of ether oxygens (including phenoxy) is 2. The maximum absolute atomic E-state index is 13.1. The van der Waals surface area contributed by atoms with Crippen molar-refractivity contribution in [3.8, 4) is 11.5 Å². The lowest BCUT2D eigenvalue weighted by atomic mass is 10.1. The maximum atomic E-state index is 13.1. The van der Waals surface area contributed by atoms with Crippen LogP contribution >= 0.6 is 0 Å². The second-order valence-corrected chi connectivity index (χ2v) is 9.05. The molecule has 0 saturated carbocycles.